The van der Waals surface area contributed by atoms with Crippen molar-refractivity contribution in [1.82, 2.24) is 9.80 Å². The highest BCUT2D eigenvalue weighted by Crippen LogP contribution is 2.19. The maximum absolute atomic E-state index is 12.8. The number of nitrogens with zero attached hydrogens (tertiary/aromatic N) is 2. The standard InChI is InChI=1S/C50H93BN2O5.C2H6/c1-5-8-11-14-17-26-33-45-57-49(55)37-29-22-18-24-31-40-52(42-34-43-53(46-54)44-39-47(4)51)41-32-25-19-23-30-38-50(56)58-48(35-27-20-15-12-9-6-2)36-28-21-16-13-10-7-3;1-2/h39,44,46,48H,4-38,40-43,45H2,1-3H3;1-2H3/b44-39-;. The largest absolute Gasteiger partial charge is 0.466 e. The second-order valence-corrected chi connectivity index (χ2v) is 17.0. The molecule has 8 heteroatoms. The molecule has 350 valence electrons. The lowest BCUT2D eigenvalue weighted by atomic mass is 9.98. The van der Waals surface area contributed by atoms with Crippen molar-refractivity contribution < 1.29 is 23.9 Å². The third kappa shape index (κ3) is 45.4. The molecule has 0 aromatic heterocycles. The summed E-state index contributed by atoms with van der Waals surface area (Å²) in [6, 6.07) is 0. The quantitative estimate of drug-likeness (QED) is 0.0200. The summed E-state index contributed by atoms with van der Waals surface area (Å²) in [5, 5.41) is 0. The van der Waals surface area contributed by atoms with Gasteiger partial charge in [-0.05, 0) is 83.8 Å². The molecule has 2 radical (unpaired) electrons. The molecule has 1 amide bonds. The van der Waals surface area contributed by atoms with E-state index in [1.165, 1.54) is 109 Å². The molecule has 60 heavy (non-hydrogen) atoms. The molecule has 0 aromatic rings. The summed E-state index contributed by atoms with van der Waals surface area (Å²) in [7, 11) is 5.65. The molecule has 0 fully saturated rings. The molecule has 0 rings (SSSR count). The fourth-order valence-corrected chi connectivity index (χ4v) is 7.57. The predicted molar refractivity (Wildman–Crippen MR) is 259 cm³/mol. The van der Waals surface area contributed by atoms with E-state index in [4.69, 9.17) is 17.3 Å². The van der Waals surface area contributed by atoms with Gasteiger partial charge in [0, 0.05) is 25.6 Å². The van der Waals surface area contributed by atoms with Crippen molar-refractivity contribution in [2.45, 2.75) is 259 Å². The molecular weight excluding hydrogens is 743 g/mol. The van der Waals surface area contributed by atoms with E-state index in [1.807, 2.05) is 13.8 Å². The molecule has 0 atom stereocenters. The van der Waals surface area contributed by atoms with Gasteiger partial charge in [-0.2, -0.15) is 0 Å². The van der Waals surface area contributed by atoms with E-state index in [0.717, 1.165) is 122 Å². The Hall–Kier alpha value is -2.09. The van der Waals surface area contributed by atoms with Crippen molar-refractivity contribution >= 4 is 26.2 Å². The molecule has 0 N–H and O–H groups in total. The first-order valence-electron chi connectivity index (χ1n) is 25.8. The van der Waals surface area contributed by atoms with E-state index in [-0.39, 0.29) is 18.0 Å². The first-order chi connectivity index (χ1) is 29.4. The number of allylic oxidation sites excluding steroid dienone is 2. The molecule has 0 saturated carbocycles. The minimum Gasteiger partial charge on any atom is -0.466 e. The fourth-order valence-electron chi connectivity index (χ4n) is 7.57. The number of carbonyl (C=O) groups excluding carboxylic acids is 3. The van der Waals surface area contributed by atoms with E-state index in [0.29, 0.717) is 31.5 Å². The summed E-state index contributed by atoms with van der Waals surface area (Å²) >= 11 is 0. The Bertz CT molecular complexity index is 960. The second kappa shape index (κ2) is 49.6. The minimum atomic E-state index is -0.0432. The van der Waals surface area contributed by atoms with Gasteiger partial charge in [-0.15, -0.1) is 12.1 Å². The van der Waals surface area contributed by atoms with Crippen LogP contribution in [0.15, 0.2) is 24.3 Å². The summed E-state index contributed by atoms with van der Waals surface area (Å²) in [4.78, 5) is 40.7. The molecule has 0 bridgehead atoms. The molecule has 0 spiro atoms. The monoisotopic (exact) mass is 843 g/mol. The van der Waals surface area contributed by atoms with E-state index in [1.54, 1.807) is 17.2 Å². The lowest BCUT2D eigenvalue weighted by Gasteiger charge is -2.23. The third-order valence-corrected chi connectivity index (χ3v) is 11.3. The summed E-state index contributed by atoms with van der Waals surface area (Å²) in [6.07, 6.45) is 42.9. The summed E-state index contributed by atoms with van der Waals surface area (Å²) in [6.45, 7) is 18.7. The predicted octanol–water partition coefficient (Wildman–Crippen LogP) is 14.7. The van der Waals surface area contributed by atoms with Crippen LogP contribution in [0.4, 0.5) is 0 Å². The number of esters is 2. The van der Waals surface area contributed by atoms with Crippen LogP contribution in [0, 0.1) is 0 Å². The highest BCUT2D eigenvalue weighted by Gasteiger charge is 2.14. The van der Waals surface area contributed by atoms with Gasteiger partial charge in [0.15, 0.2) is 0 Å². The molecule has 7 nitrogen and oxygen atoms in total. The van der Waals surface area contributed by atoms with Gasteiger partial charge in [-0.1, -0.05) is 182 Å². The smallest absolute Gasteiger partial charge is 0.306 e. The summed E-state index contributed by atoms with van der Waals surface area (Å²) in [5.74, 6) is -0.0415. The van der Waals surface area contributed by atoms with Crippen LogP contribution in [0.1, 0.15) is 253 Å². The second-order valence-electron chi connectivity index (χ2n) is 17.0. The number of rotatable bonds is 46. The van der Waals surface area contributed by atoms with Gasteiger partial charge in [0.1, 0.15) is 14.0 Å². The van der Waals surface area contributed by atoms with E-state index < -0.39 is 0 Å². The third-order valence-electron chi connectivity index (χ3n) is 11.3. The average molecular weight is 843 g/mol. The first-order valence-corrected chi connectivity index (χ1v) is 25.8. The highest BCUT2D eigenvalue weighted by molar-refractivity contribution is 6.23. The van der Waals surface area contributed by atoms with Crippen LogP contribution in [0.2, 0.25) is 0 Å². The van der Waals surface area contributed by atoms with Gasteiger partial charge in [-0.25, -0.2) is 0 Å². The topological polar surface area (TPSA) is 76.2 Å². The Labute approximate surface area is 374 Å². The van der Waals surface area contributed by atoms with Gasteiger partial charge >= 0.3 is 11.9 Å². The van der Waals surface area contributed by atoms with Crippen LogP contribution in [0.25, 0.3) is 0 Å². The van der Waals surface area contributed by atoms with Gasteiger partial charge in [0.25, 0.3) is 0 Å². The first kappa shape index (κ1) is 60.0. The number of hydrogen-bond donors (Lipinski definition) is 0. The van der Waals surface area contributed by atoms with E-state index in [2.05, 4.69) is 32.3 Å². The average Bonchev–Trinajstić information content (AvgIpc) is 3.24. The number of ether oxygens (including phenoxy) is 2. The number of hydrogen-bond acceptors (Lipinski definition) is 6. The number of amides is 1. The van der Waals surface area contributed by atoms with Crippen molar-refractivity contribution in [3.8, 4) is 0 Å². The normalized spacial score (nSPS) is 11.2. The molecule has 0 aromatic carbocycles. The van der Waals surface area contributed by atoms with Crippen LogP contribution in [0.5, 0.6) is 0 Å². The Balaban J connectivity index is 0. The van der Waals surface area contributed by atoms with Crippen molar-refractivity contribution in [3.05, 3.63) is 24.3 Å². The van der Waals surface area contributed by atoms with Crippen molar-refractivity contribution in [2.24, 2.45) is 0 Å². The lowest BCUT2D eigenvalue weighted by Crippen LogP contribution is -2.29. The Morgan fingerprint density at radius 3 is 1.40 bits per heavy atom. The van der Waals surface area contributed by atoms with Crippen molar-refractivity contribution in [1.29, 1.82) is 0 Å². The maximum atomic E-state index is 12.8. The SMILES string of the molecule is CC.[B]C(=C)/C=C\N(C=O)CCCN(CCCCCCCC(=O)OCCCCCCCCC)CCCCCCCC(=O)OC(CCCCCCCC)CCCCCCCC. The zero-order valence-electron chi connectivity index (χ0n) is 40.6. The maximum Gasteiger partial charge on any atom is 0.306 e. The van der Waals surface area contributed by atoms with E-state index in [9.17, 15) is 14.4 Å². The minimum absolute atomic E-state index is 0.00173. The molecule has 0 aliphatic carbocycles. The van der Waals surface area contributed by atoms with Crippen LogP contribution in [0.3, 0.4) is 0 Å². The van der Waals surface area contributed by atoms with Gasteiger partial charge in [0.05, 0.1) is 6.61 Å². The van der Waals surface area contributed by atoms with Crippen LogP contribution in [-0.2, 0) is 23.9 Å². The molecule has 0 aliphatic heterocycles. The molecule has 0 aliphatic rings. The van der Waals surface area contributed by atoms with Gasteiger partial charge in [-0.3, -0.25) is 14.4 Å². The Kier molecular flexibility index (Phi) is 49.6. The zero-order chi connectivity index (χ0) is 44.6. The van der Waals surface area contributed by atoms with E-state index >= 15 is 0 Å². The van der Waals surface area contributed by atoms with Crippen molar-refractivity contribution in [3.63, 3.8) is 0 Å². The number of unbranched alkanes of at least 4 members (excludes halogenated alkanes) is 24. The lowest BCUT2D eigenvalue weighted by molar-refractivity contribution is -0.150. The Morgan fingerprint density at radius 1 is 0.533 bits per heavy atom. The van der Waals surface area contributed by atoms with Gasteiger partial charge < -0.3 is 19.3 Å². The summed E-state index contributed by atoms with van der Waals surface area (Å²) in [5.41, 5.74) is 0.432. The van der Waals surface area contributed by atoms with Crippen LogP contribution < -0.4 is 0 Å². The molecule has 0 unspecified atom stereocenters. The molecule has 0 heterocycles. The van der Waals surface area contributed by atoms with Crippen molar-refractivity contribution in [2.75, 3.05) is 32.8 Å². The fraction of sp³-hybridized carbons (Fsp3) is 0.865. The highest BCUT2D eigenvalue weighted by atomic mass is 16.5. The van der Waals surface area contributed by atoms with Crippen LogP contribution in [-0.4, -0.2) is 74.9 Å². The number of carbonyl (C=O) groups is 3. The zero-order valence-corrected chi connectivity index (χ0v) is 40.6. The molecule has 0 saturated heterocycles. The molecular formula is C52H99BN2O5. The van der Waals surface area contributed by atoms with Crippen LogP contribution >= 0.6 is 0 Å². The summed E-state index contributed by atoms with van der Waals surface area (Å²) < 4.78 is 11.5. The Morgan fingerprint density at radius 2 is 0.933 bits per heavy atom. The van der Waals surface area contributed by atoms with Gasteiger partial charge in [0.2, 0.25) is 6.41 Å².